The molecule has 6 nitrogen and oxygen atoms in total. The second-order valence-electron chi connectivity index (χ2n) is 6.87. The third kappa shape index (κ3) is 5.37. The Bertz CT molecular complexity index is 771. The molecule has 27 heavy (non-hydrogen) atoms. The third-order valence-corrected chi connectivity index (χ3v) is 5.63. The van der Waals surface area contributed by atoms with Crippen LogP contribution in [0.25, 0.3) is 0 Å². The summed E-state index contributed by atoms with van der Waals surface area (Å²) < 4.78 is 6.04. The molecule has 1 fully saturated rings. The lowest BCUT2D eigenvalue weighted by Crippen LogP contribution is -2.38. The molecule has 1 aromatic heterocycles. The molecule has 0 atom stereocenters. The van der Waals surface area contributed by atoms with Crippen LogP contribution in [0.4, 0.5) is 11.8 Å². The molecular weight excluding hydrogens is 385 g/mol. The van der Waals surface area contributed by atoms with E-state index in [4.69, 9.17) is 39.4 Å². The molecule has 146 valence electrons. The van der Waals surface area contributed by atoms with Gasteiger partial charge in [-0.25, -0.2) is 4.98 Å². The standard InChI is InChI=1S/C19H25Cl2N5O/c1-12-15(18(22)25-19(23)24-12)3-2-8-26-9-6-13(7-10-26)27-14-4-5-16(20)17(21)11-14/h4-5,11,13H,2-3,6-10H2,1H3,(H4,22,23,24,25). The fraction of sp³-hybridized carbons (Fsp3) is 0.474. The van der Waals surface area contributed by atoms with E-state index >= 15 is 0 Å². The number of rotatable bonds is 6. The highest BCUT2D eigenvalue weighted by atomic mass is 35.5. The number of nitrogens with two attached hydrogens (primary N) is 2. The summed E-state index contributed by atoms with van der Waals surface area (Å²) in [6, 6.07) is 5.41. The Labute approximate surface area is 169 Å². The van der Waals surface area contributed by atoms with Gasteiger partial charge in [-0.1, -0.05) is 23.2 Å². The van der Waals surface area contributed by atoms with Crippen LogP contribution < -0.4 is 16.2 Å². The normalized spacial score (nSPS) is 15.8. The highest BCUT2D eigenvalue weighted by Gasteiger charge is 2.20. The second kappa shape index (κ2) is 8.95. The first-order valence-electron chi connectivity index (χ1n) is 9.15. The van der Waals surface area contributed by atoms with Crippen LogP contribution in [0.1, 0.15) is 30.5 Å². The number of likely N-dealkylation sites (tertiary alicyclic amines) is 1. The van der Waals surface area contributed by atoms with Crippen LogP contribution >= 0.6 is 23.2 Å². The maximum Gasteiger partial charge on any atom is 0.222 e. The molecule has 2 heterocycles. The van der Waals surface area contributed by atoms with Crippen LogP contribution in [0.2, 0.25) is 10.0 Å². The summed E-state index contributed by atoms with van der Waals surface area (Å²) in [7, 11) is 0. The summed E-state index contributed by atoms with van der Waals surface area (Å²) in [5.74, 6) is 1.50. The van der Waals surface area contributed by atoms with Crippen molar-refractivity contribution in [2.24, 2.45) is 0 Å². The van der Waals surface area contributed by atoms with E-state index in [-0.39, 0.29) is 12.1 Å². The van der Waals surface area contributed by atoms with Gasteiger partial charge in [0.25, 0.3) is 0 Å². The van der Waals surface area contributed by atoms with Gasteiger partial charge < -0.3 is 21.1 Å². The SMILES string of the molecule is Cc1nc(N)nc(N)c1CCCN1CCC(Oc2ccc(Cl)c(Cl)c2)CC1. The topological polar surface area (TPSA) is 90.3 Å². The summed E-state index contributed by atoms with van der Waals surface area (Å²) in [5, 5.41) is 1.06. The summed E-state index contributed by atoms with van der Waals surface area (Å²) in [5.41, 5.74) is 13.5. The Morgan fingerprint density at radius 1 is 1.15 bits per heavy atom. The van der Waals surface area contributed by atoms with Gasteiger partial charge in [0.15, 0.2) is 0 Å². The van der Waals surface area contributed by atoms with Gasteiger partial charge in [0.2, 0.25) is 5.95 Å². The maximum atomic E-state index is 6.05. The van der Waals surface area contributed by atoms with Crippen LogP contribution in [-0.4, -0.2) is 40.6 Å². The Kier molecular flexibility index (Phi) is 6.63. The molecule has 1 saturated heterocycles. The van der Waals surface area contributed by atoms with Crippen LogP contribution in [0.5, 0.6) is 5.75 Å². The summed E-state index contributed by atoms with van der Waals surface area (Å²) >= 11 is 12.0. The molecule has 1 aromatic carbocycles. The fourth-order valence-electron chi connectivity index (χ4n) is 3.42. The van der Waals surface area contributed by atoms with E-state index in [0.717, 1.165) is 62.3 Å². The van der Waals surface area contributed by atoms with Gasteiger partial charge in [-0.2, -0.15) is 4.98 Å². The molecular formula is C19H25Cl2N5O. The molecule has 0 radical (unpaired) electrons. The van der Waals surface area contributed by atoms with Gasteiger partial charge in [0.05, 0.1) is 10.0 Å². The fourth-order valence-corrected chi connectivity index (χ4v) is 3.71. The molecule has 3 rings (SSSR count). The number of nitrogens with zero attached hydrogens (tertiary/aromatic N) is 3. The number of hydrogen-bond donors (Lipinski definition) is 2. The van der Waals surface area contributed by atoms with Crippen molar-refractivity contribution in [2.75, 3.05) is 31.1 Å². The summed E-state index contributed by atoms with van der Waals surface area (Å²) in [6.45, 7) is 4.97. The smallest absolute Gasteiger partial charge is 0.222 e. The number of nitrogen functional groups attached to an aromatic ring is 2. The minimum atomic E-state index is 0.210. The summed E-state index contributed by atoms with van der Waals surface area (Å²) in [6.07, 6.45) is 4.06. The number of aromatic nitrogens is 2. The number of anilines is 2. The Morgan fingerprint density at radius 3 is 2.56 bits per heavy atom. The first kappa shape index (κ1) is 20.0. The number of benzene rings is 1. The number of aryl methyl sites for hydroxylation is 1. The van der Waals surface area contributed by atoms with Crippen molar-refractivity contribution in [1.29, 1.82) is 0 Å². The van der Waals surface area contributed by atoms with Crippen LogP contribution in [0.3, 0.4) is 0 Å². The highest BCUT2D eigenvalue weighted by molar-refractivity contribution is 6.42. The first-order valence-corrected chi connectivity index (χ1v) is 9.90. The quantitative estimate of drug-likeness (QED) is 0.754. The zero-order chi connectivity index (χ0) is 19.4. The minimum absolute atomic E-state index is 0.210. The lowest BCUT2D eigenvalue weighted by molar-refractivity contribution is 0.1000. The van der Waals surface area contributed by atoms with Crippen molar-refractivity contribution in [2.45, 2.75) is 38.7 Å². The van der Waals surface area contributed by atoms with Crippen molar-refractivity contribution >= 4 is 35.0 Å². The molecule has 0 saturated carbocycles. The molecule has 8 heteroatoms. The van der Waals surface area contributed by atoms with Gasteiger partial charge in [0.1, 0.15) is 17.7 Å². The molecule has 1 aliphatic rings. The maximum absolute atomic E-state index is 6.05. The van der Waals surface area contributed by atoms with Gasteiger partial charge in [-0.15, -0.1) is 0 Å². The summed E-state index contributed by atoms with van der Waals surface area (Å²) in [4.78, 5) is 10.7. The van der Waals surface area contributed by atoms with Crippen LogP contribution in [0, 0.1) is 6.92 Å². The van der Waals surface area contributed by atoms with Crippen LogP contribution in [-0.2, 0) is 6.42 Å². The van der Waals surface area contributed by atoms with Crippen molar-refractivity contribution in [1.82, 2.24) is 14.9 Å². The monoisotopic (exact) mass is 409 g/mol. The molecule has 0 spiro atoms. The van der Waals surface area contributed by atoms with Gasteiger partial charge in [0, 0.05) is 30.4 Å². The number of ether oxygens (including phenoxy) is 1. The lowest BCUT2D eigenvalue weighted by atomic mass is 10.1. The average Bonchev–Trinajstić information content (AvgIpc) is 2.62. The van der Waals surface area contributed by atoms with E-state index in [1.807, 2.05) is 13.0 Å². The Balaban J connectivity index is 1.43. The predicted octanol–water partition coefficient (Wildman–Crippen LogP) is 3.73. The van der Waals surface area contributed by atoms with E-state index in [1.165, 1.54) is 0 Å². The first-order chi connectivity index (χ1) is 12.9. The highest BCUT2D eigenvalue weighted by Crippen LogP contribution is 2.28. The average molecular weight is 410 g/mol. The van der Waals surface area contributed by atoms with E-state index in [0.29, 0.717) is 15.9 Å². The Hall–Kier alpha value is -1.76. The zero-order valence-corrected chi connectivity index (χ0v) is 16.9. The Morgan fingerprint density at radius 2 is 1.89 bits per heavy atom. The van der Waals surface area contributed by atoms with Crippen LogP contribution in [0.15, 0.2) is 18.2 Å². The van der Waals surface area contributed by atoms with E-state index < -0.39 is 0 Å². The van der Waals surface area contributed by atoms with Crippen molar-refractivity contribution in [3.8, 4) is 5.75 Å². The number of halogens is 2. The predicted molar refractivity (Wildman–Crippen MR) is 110 cm³/mol. The van der Waals surface area contributed by atoms with Crippen molar-refractivity contribution in [3.63, 3.8) is 0 Å². The van der Waals surface area contributed by atoms with E-state index in [9.17, 15) is 0 Å². The lowest BCUT2D eigenvalue weighted by Gasteiger charge is -2.32. The molecule has 0 bridgehead atoms. The van der Waals surface area contributed by atoms with E-state index in [1.54, 1.807) is 12.1 Å². The molecule has 0 unspecified atom stereocenters. The van der Waals surface area contributed by atoms with Crippen molar-refractivity contribution in [3.05, 3.63) is 39.5 Å². The molecule has 1 aliphatic heterocycles. The van der Waals surface area contributed by atoms with E-state index in [2.05, 4.69) is 14.9 Å². The number of hydrogen-bond acceptors (Lipinski definition) is 6. The minimum Gasteiger partial charge on any atom is -0.490 e. The second-order valence-corrected chi connectivity index (χ2v) is 7.68. The molecule has 2 aromatic rings. The third-order valence-electron chi connectivity index (χ3n) is 4.89. The van der Waals surface area contributed by atoms with Gasteiger partial charge >= 0.3 is 0 Å². The van der Waals surface area contributed by atoms with Crippen molar-refractivity contribution < 1.29 is 4.74 Å². The van der Waals surface area contributed by atoms with Gasteiger partial charge in [-0.3, -0.25) is 0 Å². The zero-order valence-electron chi connectivity index (χ0n) is 15.4. The molecule has 0 aliphatic carbocycles. The molecule has 4 N–H and O–H groups in total. The number of piperidine rings is 1. The largest absolute Gasteiger partial charge is 0.490 e. The van der Waals surface area contributed by atoms with Gasteiger partial charge in [-0.05, 0) is 51.3 Å². The molecule has 0 amide bonds.